The van der Waals surface area contributed by atoms with Gasteiger partial charge in [0, 0.05) is 38.2 Å². The second-order valence-electron chi connectivity index (χ2n) is 5.67. The summed E-state index contributed by atoms with van der Waals surface area (Å²) in [5.74, 6) is 0.0835. The molecule has 0 aromatic carbocycles. The molecule has 0 saturated carbocycles. The van der Waals surface area contributed by atoms with Crippen LogP contribution in [0.2, 0.25) is 0 Å². The molecule has 0 bridgehead atoms. The number of nitrogens with one attached hydrogen (secondary N) is 1. The zero-order valence-corrected chi connectivity index (χ0v) is 11.4. The van der Waals surface area contributed by atoms with E-state index < -0.39 is 0 Å². The summed E-state index contributed by atoms with van der Waals surface area (Å²) in [6.07, 6.45) is 5.61. The monoisotopic (exact) mass is 247 g/mol. The Morgan fingerprint density at radius 3 is 2.94 bits per heavy atom. The molecule has 4 nitrogen and oxygen atoms in total. The van der Waals surface area contributed by atoms with Gasteiger partial charge in [-0.15, -0.1) is 0 Å². The van der Waals surface area contributed by atoms with Crippen molar-refractivity contribution < 1.29 is 4.79 Å². The molecule has 98 valence electrons. The summed E-state index contributed by atoms with van der Waals surface area (Å²) in [4.78, 5) is 18.5. The number of anilines is 1. The van der Waals surface area contributed by atoms with Crippen molar-refractivity contribution in [1.29, 1.82) is 0 Å². The predicted molar refractivity (Wildman–Crippen MR) is 72.7 cm³/mol. The van der Waals surface area contributed by atoms with E-state index in [0.717, 1.165) is 25.2 Å². The number of hydrogen-bond donors (Lipinski definition) is 1. The Morgan fingerprint density at radius 1 is 1.50 bits per heavy atom. The number of pyridine rings is 1. The van der Waals surface area contributed by atoms with Crippen molar-refractivity contribution in [2.45, 2.75) is 26.7 Å². The number of carbonyl (C=O) groups is 1. The second kappa shape index (κ2) is 4.96. The SMILES string of the molecule is CNc1ccncc1C(=O)N1CCCC(C)(C)C1. The molecule has 1 aromatic rings. The Morgan fingerprint density at radius 2 is 2.28 bits per heavy atom. The zero-order valence-electron chi connectivity index (χ0n) is 11.4. The van der Waals surface area contributed by atoms with E-state index in [9.17, 15) is 4.79 Å². The average Bonchev–Trinajstić information content (AvgIpc) is 2.36. The first-order valence-corrected chi connectivity index (χ1v) is 6.44. The molecule has 0 aliphatic carbocycles. The van der Waals surface area contributed by atoms with E-state index in [-0.39, 0.29) is 11.3 Å². The number of nitrogens with zero attached hydrogens (tertiary/aromatic N) is 2. The van der Waals surface area contributed by atoms with Gasteiger partial charge in [-0.25, -0.2) is 0 Å². The number of piperidine rings is 1. The van der Waals surface area contributed by atoms with E-state index >= 15 is 0 Å². The molecule has 0 spiro atoms. The van der Waals surface area contributed by atoms with Gasteiger partial charge < -0.3 is 10.2 Å². The van der Waals surface area contributed by atoms with E-state index in [1.54, 1.807) is 12.4 Å². The number of aromatic nitrogens is 1. The molecule has 18 heavy (non-hydrogen) atoms. The van der Waals surface area contributed by atoms with E-state index in [4.69, 9.17) is 0 Å². The maximum atomic E-state index is 12.5. The fraction of sp³-hybridized carbons (Fsp3) is 0.571. The molecule has 2 heterocycles. The molecule has 4 heteroatoms. The lowest BCUT2D eigenvalue weighted by Crippen LogP contribution is -2.43. The standard InChI is InChI=1S/C14H21N3O/c1-14(2)6-4-8-17(10-14)13(18)11-9-16-7-5-12(11)15-3/h5,7,9H,4,6,8,10H2,1-3H3,(H,15,16). The van der Waals surface area contributed by atoms with Gasteiger partial charge in [-0.3, -0.25) is 9.78 Å². The van der Waals surface area contributed by atoms with Gasteiger partial charge in [0.2, 0.25) is 0 Å². The minimum Gasteiger partial charge on any atom is -0.387 e. The molecule has 1 amide bonds. The molecular weight excluding hydrogens is 226 g/mol. The van der Waals surface area contributed by atoms with Gasteiger partial charge in [-0.05, 0) is 24.3 Å². The topological polar surface area (TPSA) is 45.2 Å². The van der Waals surface area contributed by atoms with Crippen LogP contribution >= 0.6 is 0 Å². The Labute approximate surface area is 108 Å². The highest BCUT2D eigenvalue weighted by atomic mass is 16.2. The first kappa shape index (κ1) is 12.9. The number of rotatable bonds is 2. The summed E-state index contributed by atoms with van der Waals surface area (Å²) < 4.78 is 0. The van der Waals surface area contributed by atoms with Crippen molar-refractivity contribution in [2.75, 3.05) is 25.5 Å². The highest BCUT2D eigenvalue weighted by molar-refractivity contribution is 5.99. The smallest absolute Gasteiger partial charge is 0.257 e. The third-order valence-corrected chi connectivity index (χ3v) is 3.51. The lowest BCUT2D eigenvalue weighted by atomic mass is 9.84. The second-order valence-corrected chi connectivity index (χ2v) is 5.67. The lowest BCUT2D eigenvalue weighted by molar-refractivity contribution is 0.0584. The van der Waals surface area contributed by atoms with Gasteiger partial charge in [-0.2, -0.15) is 0 Å². The van der Waals surface area contributed by atoms with Gasteiger partial charge >= 0.3 is 0 Å². The van der Waals surface area contributed by atoms with Crippen LogP contribution in [0.3, 0.4) is 0 Å². The quantitative estimate of drug-likeness (QED) is 0.872. The van der Waals surface area contributed by atoms with E-state index in [1.165, 1.54) is 6.42 Å². The van der Waals surface area contributed by atoms with Crippen molar-refractivity contribution in [1.82, 2.24) is 9.88 Å². The highest BCUT2D eigenvalue weighted by Crippen LogP contribution is 2.29. The van der Waals surface area contributed by atoms with Crippen LogP contribution in [0.1, 0.15) is 37.0 Å². The van der Waals surface area contributed by atoms with Crippen LogP contribution in [-0.2, 0) is 0 Å². The van der Waals surface area contributed by atoms with Gasteiger partial charge in [0.1, 0.15) is 0 Å². The normalized spacial score (nSPS) is 18.5. The summed E-state index contributed by atoms with van der Waals surface area (Å²) in [5.41, 5.74) is 1.73. The van der Waals surface area contributed by atoms with Crippen molar-refractivity contribution in [3.63, 3.8) is 0 Å². The third-order valence-electron chi connectivity index (χ3n) is 3.51. The Balaban J connectivity index is 2.20. The van der Waals surface area contributed by atoms with E-state index in [2.05, 4.69) is 24.1 Å². The van der Waals surface area contributed by atoms with Crippen LogP contribution in [0.15, 0.2) is 18.5 Å². The summed E-state index contributed by atoms with van der Waals surface area (Å²) in [5, 5.41) is 3.05. The van der Waals surface area contributed by atoms with Gasteiger partial charge in [0.05, 0.1) is 5.56 Å². The van der Waals surface area contributed by atoms with Crippen LogP contribution in [0.5, 0.6) is 0 Å². The first-order valence-electron chi connectivity index (χ1n) is 6.44. The molecule has 1 N–H and O–H groups in total. The summed E-state index contributed by atoms with van der Waals surface area (Å²) in [7, 11) is 1.83. The zero-order chi connectivity index (χ0) is 13.2. The summed E-state index contributed by atoms with van der Waals surface area (Å²) >= 11 is 0. The molecule has 0 radical (unpaired) electrons. The Bertz CT molecular complexity index is 442. The highest BCUT2D eigenvalue weighted by Gasteiger charge is 2.30. The first-order chi connectivity index (χ1) is 8.53. The molecule has 1 aromatic heterocycles. The number of carbonyl (C=O) groups excluding carboxylic acids is 1. The van der Waals surface area contributed by atoms with Gasteiger partial charge in [-0.1, -0.05) is 13.8 Å². The minimum absolute atomic E-state index is 0.0835. The van der Waals surface area contributed by atoms with Crippen molar-refractivity contribution >= 4 is 11.6 Å². The minimum atomic E-state index is 0.0835. The van der Waals surface area contributed by atoms with Crippen LogP contribution in [0.25, 0.3) is 0 Å². The van der Waals surface area contributed by atoms with Crippen LogP contribution in [0.4, 0.5) is 5.69 Å². The van der Waals surface area contributed by atoms with Gasteiger partial charge in [0.15, 0.2) is 0 Å². The van der Waals surface area contributed by atoms with E-state index in [0.29, 0.717) is 5.56 Å². The fourth-order valence-corrected chi connectivity index (χ4v) is 2.55. The van der Waals surface area contributed by atoms with Crippen molar-refractivity contribution in [3.8, 4) is 0 Å². The molecule has 1 aliphatic rings. The average molecular weight is 247 g/mol. The Hall–Kier alpha value is -1.58. The van der Waals surface area contributed by atoms with Crippen molar-refractivity contribution in [2.24, 2.45) is 5.41 Å². The largest absolute Gasteiger partial charge is 0.387 e. The van der Waals surface area contributed by atoms with Crippen LogP contribution < -0.4 is 5.32 Å². The molecular formula is C14H21N3O. The van der Waals surface area contributed by atoms with Crippen LogP contribution in [-0.4, -0.2) is 35.9 Å². The Kier molecular flexibility index (Phi) is 3.55. The molecule has 0 atom stereocenters. The predicted octanol–water partition coefficient (Wildman–Crippen LogP) is 2.39. The fourth-order valence-electron chi connectivity index (χ4n) is 2.55. The molecule has 1 aliphatic heterocycles. The third kappa shape index (κ3) is 2.63. The van der Waals surface area contributed by atoms with E-state index in [1.807, 2.05) is 18.0 Å². The molecule has 1 fully saturated rings. The number of hydrogen-bond acceptors (Lipinski definition) is 3. The maximum Gasteiger partial charge on any atom is 0.257 e. The maximum absolute atomic E-state index is 12.5. The number of amides is 1. The summed E-state index contributed by atoms with van der Waals surface area (Å²) in [6, 6.07) is 1.84. The molecule has 2 rings (SSSR count). The number of likely N-dealkylation sites (tertiary alicyclic amines) is 1. The van der Waals surface area contributed by atoms with Gasteiger partial charge in [0.25, 0.3) is 5.91 Å². The lowest BCUT2D eigenvalue weighted by Gasteiger charge is -2.38. The van der Waals surface area contributed by atoms with Crippen LogP contribution in [0, 0.1) is 5.41 Å². The molecule has 1 saturated heterocycles. The molecule has 0 unspecified atom stereocenters. The summed E-state index contributed by atoms with van der Waals surface area (Å²) in [6.45, 7) is 6.10. The van der Waals surface area contributed by atoms with Crippen molar-refractivity contribution in [3.05, 3.63) is 24.0 Å².